The number of halogens is 1. The number of hydrogen-bond acceptors (Lipinski definition) is 1. The standard InChI is InChI=1S/C25H34FN/c1-3-5-19-7-9-20(10-8-19)11-12-21-13-15-23(24(26)17-21)25-16-14-22(6-4-2)18-27-25/h13-20H,3-12H2,1-2H3. The van der Waals surface area contributed by atoms with Crippen molar-refractivity contribution in [2.24, 2.45) is 11.8 Å². The normalized spacial score (nSPS) is 20.0. The van der Waals surface area contributed by atoms with Crippen LogP contribution in [-0.4, -0.2) is 4.98 Å². The molecule has 2 heteroatoms. The molecule has 0 spiro atoms. The average Bonchev–Trinajstić information content (AvgIpc) is 2.69. The van der Waals surface area contributed by atoms with E-state index < -0.39 is 0 Å². The summed E-state index contributed by atoms with van der Waals surface area (Å²) in [6.45, 7) is 4.45. The Hall–Kier alpha value is -1.70. The SMILES string of the molecule is CCCc1ccc(-c2ccc(CCC3CCC(CCC)CC3)cc2F)nc1. The molecule has 0 unspecified atom stereocenters. The third-order valence-electron chi connectivity index (χ3n) is 6.18. The van der Waals surface area contributed by atoms with Crippen LogP contribution in [0.5, 0.6) is 0 Å². The predicted octanol–water partition coefficient (Wildman–Crippen LogP) is 7.38. The first-order valence-electron chi connectivity index (χ1n) is 10.9. The van der Waals surface area contributed by atoms with Crippen LogP contribution in [0.15, 0.2) is 36.5 Å². The second-order valence-electron chi connectivity index (χ2n) is 8.33. The van der Waals surface area contributed by atoms with Gasteiger partial charge in [-0.15, -0.1) is 0 Å². The van der Waals surface area contributed by atoms with Crippen molar-refractivity contribution >= 4 is 0 Å². The third-order valence-corrected chi connectivity index (χ3v) is 6.18. The van der Waals surface area contributed by atoms with Gasteiger partial charge in [-0.05, 0) is 60.4 Å². The van der Waals surface area contributed by atoms with E-state index in [0.29, 0.717) is 5.56 Å². The summed E-state index contributed by atoms with van der Waals surface area (Å²) in [5.41, 5.74) is 3.68. The van der Waals surface area contributed by atoms with Crippen LogP contribution in [0.2, 0.25) is 0 Å². The molecule has 0 atom stereocenters. The molecule has 0 radical (unpaired) electrons. The van der Waals surface area contributed by atoms with Crippen molar-refractivity contribution in [1.82, 2.24) is 4.98 Å². The lowest BCUT2D eigenvalue weighted by Gasteiger charge is -2.28. The molecule has 1 aliphatic carbocycles. The van der Waals surface area contributed by atoms with Crippen LogP contribution in [-0.2, 0) is 12.8 Å². The van der Waals surface area contributed by atoms with Crippen LogP contribution in [0.1, 0.15) is 76.3 Å². The Kier molecular flexibility index (Phi) is 7.43. The number of nitrogens with zero attached hydrogens (tertiary/aromatic N) is 1. The van der Waals surface area contributed by atoms with Crippen LogP contribution < -0.4 is 0 Å². The minimum atomic E-state index is -0.144. The Bertz CT molecular complexity index is 699. The Balaban J connectivity index is 1.55. The maximum atomic E-state index is 14.6. The molecule has 146 valence electrons. The summed E-state index contributed by atoms with van der Waals surface area (Å²) in [4.78, 5) is 4.46. The maximum absolute atomic E-state index is 14.6. The van der Waals surface area contributed by atoms with Gasteiger partial charge in [-0.2, -0.15) is 0 Å². The van der Waals surface area contributed by atoms with Gasteiger partial charge in [0, 0.05) is 11.8 Å². The lowest BCUT2D eigenvalue weighted by atomic mass is 9.78. The molecule has 27 heavy (non-hydrogen) atoms. The van der Waals surface area contributed by atoms with E-state index in [-0.39, 0.29) is 5.82 Å². The molecule has 1 aromatic carbocycles. The molecule has 0 bridgehead atoms. The molecule has 1 aliphatic rings. The van der Waals surface area contributed by atoms with Crippen molar-refractivity contribution in [3.05, 3.63) is 53.5 Å². The summed E-state index contributed by atoms with van der Waals surface area (Å²) in [5.74, 6) is 1.64. The average molecular weight is 368 g/mol. The van der Waals surface area contributed by atoms with Crippen LogP contribution in [0, 0.1) is 17.7 Å². The maximum Gasteiger partial charge on any atom is 0.132 e. The quantitative estimate of drug-likeness (QED) is 0.474. The molecule has 0 aliphatic heterocycles. The first-order chi connectivity index (χ1) is 13.2. The minimum absolute atomic E-state index is 0.144. The zero-order valence-electron chi connectivity index (χ0n) is 17.0. The molecular formula is C25H34FN. The number of pyridine rings is 1. The second-order valence-corrected chi connectivity index (χ2v) is 8.33. The van der Waals surface area contributed by atoms with E-state index in [4.69, 9.17) is 0 Å². The number of benzene rings is 1. The third kappa shape index (κ3) is 5.64. The Morgan fingerprint density at radius 1 is 0.852 bits per heavy atom. The van der Waals surface area contributed by atoms with E-state index >= 15 is 0 Å². The highest BCUT2D eigenvalue weighted by Crippen LogP contribution is 2.34. The fraction of sp³-hybridized carbons (Fsp3) is 0.560. The molecule has 1 fully saturated rings. The van der Waals surface area contributed by atoms with E-state index in [1.54, 1.807) is 6.07 Å². The molecule has 1 nitrogen and oxygen atoms in total. The van der Waals surface area contributed by atoms with Gasteiger partial charge >= 0.3 is 0 Å². The van der Waals surface area contributed by atoms with Gasteiger partial charge in [0.2, 0.25) is 0 Å². The fourth-order valence-corrected chi connectivity index (χ4v) is 4.53. The fourth-order valence-electron chi connectivity index (χ4n) is 4.53. The Labute approximate surface area is 164 Å². The largest absolute Gasteiger partial charge is 0.256 e. The molecule has 3 rings (SSSR count). The van der Waals surface area contributed by atoms with Gasteiger partial charge in [0.05, 0.1) is 5.69 Å². The smallest absolute Gasteiger partial charge is 0.132 e. The number of hydrogen-bond donors (Lipinski definition) is 0. The van der Waals surface area contributed by atoms with Gasteiger partial charge in [0.1, 0.15) is 5.82 Å². The van der Waals surface area contributed by atoms with Crippen molar-refractivity contribution in [2.45, 2.75) is 78.1 Å². The van der Waals surface area contributed by atoms with Gasteiger partial charge in [-0.1, -0.05) is 70.9 Å². The van der Waals surface area contributed by atoms with Gasteiger partial charge in [-0.25, -0.2) is 4.39 Å². The zero-order chi connectivity index (χ0) is 19.1. The van der Waals surface area contributed by atoms with Crippen LogP contribution >= 0.6 is 0 Å². The summed E-state index contributed by atoms with van der Waals surface area (Å²) in [6.07, 6.45) is 14.4. The van der Waals surface area contributed by atoms with Crippen LogP contribution in [0.4, 0.5) is 4.39 Å². The number of aryl methyl sites for hydroxylation is 2. The summed E-state index contributed by atoms with van der Waals surface area (Å²) in [5, 5.41) is 0. The van der Waals surface area contributed by atoms with Gasteiger partial charge in [0.25, 0.3) is 0 Å². The molecule has 1 aromatic heterocycles. The first-order valence-corrected chi connectivity index (χ1v) is 10.9. The highest BCUT2D eigenvalue weighted by Gasteiger charge is 2.20. The molecule has 2 aromatic rings. The second kappa shape index (κ2) is 10.0. The number of rotatable bonds is 8. The van der Waals surface area contributed by atoms with Crippen LogP contribution in [0.3, 0.4) is 0 Å². The van der Waals surface area contributed by atoms with E-state index in [0.717, 1.165) is 42.4 Å². The van der Waals surface area contributed by atoms with E-state index in [1.807, 2.05) is 18.3 Å². The topological polar surface area (TPSA) is 12.9 Å². The highest BCUT2D eigenvalue weighted by atomic mass is 19.1. The van der Waals surface area contributed by atoms with Gasteiger partial charge < -0.3 is 0 Å². The molecular weight excluding hydrogens is 333 g/mol. The van der Waals surface area contributed by atoms with Gasteiger partial charge in [0.15, 0.2) is 0 Å². The number of aromatic nitrogens is 1. The summed E-state index contributed by atoms with van der Waals surface area (Å²) < 4.78 is 14.6. The molecule has 1 saturated carbocycles. The lowest BCUT2D eigenvalue weighted by molar-refractivity contribution is 0.252. The molecule has 0 N–H and O–H groups in total. The van der Waals surface area contributed by atoms with E-state index in [9.17, 15) is 4.39 Å². The Morgan fingerprint density at radius 2 is 1.56 bits per heavy atom. The van der Waals surface area contributed by atoms with Crippen LogP contribution in [0.25, 0.3) is 11.3 Å². The summed E-state index contributed by atoms with van der Waals surface area (Å²) in [7, 11) is 0. The Morgan fingerprint density at radius 3 is 2.15 bits per heavy atom. The van der Waals surface area contributed by atoms with E-state index in [1.165, 1.54) is 50.5 Å². The van der Waals surface area contributed by atoms with Crippen molar-refractivity contribution in [3.8, 4) is 11.3 Å². The van der Waals surface area contributed by atoms with Crippen molar-refractivity contribution in [1.29, 1.82) is 0 Å². The highest BCUT2D eigenvalue weighted by molar-refractivity contribution is 5.60. The molecule has 1 heterocycles. The zero-order valence-corrected chi connectivity index (χ0v) is 17.0. The monoisotopic (exact) mass is 367 g/mol. The minimum Gasteiger partial charge on any atom is -0.256 e. The summed E-state index contributed by atoms with van der Waals surface area (Å²) >= 11 is 0. The van der Waals surface area contributed by atoms with Gasteiger partial charge in [-0.3, -0.25) is 4.98 Å². The van der Waals surface area contributed by atoms with Crippen molar-refractivity contribution < 1.29 is 4.39 Å². The first kappa shape index (κ1) is 20.0. The van der Waals surface area contributed by atoms with Crippen molar-refractivity contribution in [3.63, 3.8) is 0 Å². The lowest BCUT2D eigenvalue weighted by Crippen LogP contribution is -2.15. The van der Waals surface area contributed by atoms with E-state index in [2.05, 4.69) is 31.0 Å². The van der Waals surface area contributed by atoms with Crippen molar-refractivity contribution in [2.75, 3.05) is 0 Å². The molecule has 0 saturated heterocycles. The summed E-state index contributed by atoms with van der Waals surface area (Å²) in [6, 6.07) is 9.72. The predicted molar refractivity (Wildman–Crippen MR) is 112 cm³/mol. The molecule has 0 amide bonds.